The van der Waals surface area contributed by atoms with E-state index < -0.39 is 0 Å². The van der Waals surface area contributed by atoms with Gasteiger partial charge in [-0.05, 0) is 44.2 Å². The molecule has 144 valence electrons. The van der Waals surface area contributed by atoms with Gasteiger partial charge >= 0.3 is 0 Å². The fourth-order valence-corrected chi connectivity index (χ4v) is 3.86. The molecule has 26 heavy (non-hydrogen) atoms. The van der Waals surface area contributed by atoms with Crippen molar-refractivity contribution in [2.45, 2.75) is 45.1 Å². The predicted molar refractivity (Wildman–Crippen MR) is 103 cm³/mol. The summed E-state index contributed by atoms with van der Waals surface area (Å²) in [6.45, 7) is 8.30. The Morgan fingerprint density at radius 2 is 2.00 bits per heavy atom. The van der Waals surface area contributed by atoms with Crippen LogP contribution in [0.25, 0.3) is 0 Å². The molecular formula is C21H32N2O3. The molecule has 0 saturated carbocycles. The molecule has 1 aromatic carbocycles. The first-order valence-corrected chi connectivity index (χ1v) is 10.1. The lowest BCUT2D eigenvalue weighted by Crippen LogP contribution is -2.46. The van der Waals surface area contributed by atoms with E-state index in [0.29, 0.717) is 18.2 Å². The van der Waals surface area contributed by atoms with Gasteiger partial charge in [-0.25, -0.2) is 0 Å². The van der Waals surface area contributed by atoms with Crippen LogP contribution < -0.4 is 4.74 Å². The molecule has 0 N–H and O–H groups in total. The summed E-state index contributed by atoms with van der Waals surface area (Å²) < 4.78 is 11.3. The third kappa shape index (κ3) is 4.98. The molecule has 0 spiro atoms. The molecule has 5 nitrogen and oxygen atoms in total. The van der Waals surface area contributed by atoms with E-state index in [1.807, 2.05) is 24.3 Å². The second kappa shape index (κ2) is 9.93. The Hall–Kier alpha value is -1.59. The van der Waals surface area contributed by atoms with Crippen molar-refractivity contribution >= 4 is 5.91 Å². The smallest absolute Gasteiger partial charge is 0.257 e. The molecule has 1 aromatic rings. The van der Waals surface area contributed by atoms with Gasteiger partial charge in [0.2, 0.25) is 0 Å². The van der Waals surface area contributed by atoms with Crippen molar-refractivity contribution in [2.24, 2.45) is 0 Å². The summed E-state index contributed by atoms with van der Waals surface area (Å²) in [5.74, 6) is 0.847. The zero-order valence-corrected chi connectivity index (χ0v) is 16.0. The number of carbonyl (C=O) groups excluding carboxylic acids is 1. The fraction of sp³-hybridized carbons (Fsp3) is 0.667. The van der Waals surface area contributed by atoms with Gasteiger partial charge in [-0.2, -0.15) is 0 Å². The first-order chi connectivity index (χ1) is 12.8. The molecule has 0 aliphatic carbocycles. The van der Waals surface area contributed by atoms with Crippen molar-refractivity contribution in [1.29, 1.82) is 0 Å². The Kier molecular flexibility index (Phi) is 7.32. The van der Waals surface area contributed by atoms with Crippen LogP contribution in [0.2, 0.25) is 0 Å². The molecule has 3 rings (SSSR count). The van der Waals surface area contributed by atoms with Gasteiger partial charge in [-0.15, -0.1) is 0 Å². The highest BCUT2D eigenvalue weighted by Gasteiger charge is 2.29. The number of hydrogen-bond donors (Lipinski definition) is 0. The lowest BCUT2D eigenvalue weighted by Gasteiger charge is -2.37. The highest BCUT2D eigenvalue weighted by Crippen LogP contribution is 2.26. The van der Waals surface area contributed by atoms with Crippen molar-refractivity contribution in [3.8, 4) is 5.75 Å². The van der Waals surface area contributed by atoms with E-state index in [1.165, 1.54) is 6.42 Å². The molecular weight excluding hydrogens is 328 g/mol. The SMILES string of the molecule is CCCOc1ccccc1C(=O)N1CCCC[C@H]1CCN1CCOCC1. The molecule has 2 aliphatic rings. The number of hydrogen-bond acceptors (Lipinski definition) is 4. The number of morpholine rings is 1. The normalized spacial score (nSPS) is 21.6. The van der Waals surface area contributed by atoms with E-state index in [-0.39, 0.29) is 5.91 Å². The van der Waals surface area contributed by atoms with E-state index in [1.54, 1.807) is 0 Å². The van der Waals surface area contributed by atoms with E-state index >= 15 is 0 Å². The number of ether oxygens (including phenoxy) is 2. The number of rotatable bonds is 7. The summed E-state index contributed by atoms with van der Waals surface area (Å²) >= 11 is 0. The molecule has 2 saturated heterocycles. The number of likely N-dealkylation sites (tertiary alicyclic amines) is 1. The Balaban J connectivity index is 1.65. The summed E-state index contributed by atoms with van der Waals surface area (Å²) in [4.78, 5) is 17.8. The van der Waals surface area contributed by atoms with Gasteiger partial charge in [0.25, 0.3) is 5.91 Å². The zero-order valence-electron chi connectivity index (χ0n) is 16.0. The summed E-state index contributed by atoms with van der Waals surface area (Å²) in [5, 5.41) is 0. The summed E-state index contributed by atoms with van der Waals surface area (Å²) in [6, 6.07) is 8.02. The van der Waals surface area contributed by atoms with Crippen LogP contribution in [0.1, 0.15) is 49.4 Å². The van der Waals surface area contributed by atoms with E-state index in [0.717, 1.165) is 70.8 Å². The predicted octanol–water partition coefficient (Wildman–Crippen LogP) is 3.19. The van der Waals surface area contributed by atoms with Gasteiger partial charge in [0.1, 0.15) is 5.75 Å². The highest BCUT2D eigenvalue weighted by atomic mass is 16.5. The van der Waals surface area contributed by atoms with Crippen LogP contribution in [0.15, 0.2) is 24.3 Å². The summed E-state index contributed by atoms with van der Waals surface area (Å²) in [6.07, 6.45) is 5.40. The van der Waals surface area contributed by atoms with Crippen molar-refractivity contribution in [1.82, 2.24) is 9.80 Å². The Morgan fingerprint density at radius 1 is 1.19 bits per heavy atom. The standard InChI is InChI=1S/C21H32N2O3/c1-2-15-26-20-9-4-3-8-19(20)21(24)23-11-6-5-7-18(23)10-12-22-13-16-25-17-14-22/h3-4,8-9,18H,2,5-7,10-17H2,1H3/t18-/m0/s1. The average Bonchev–Trinajstić information content (AvgIpc) is 2.71. The quantitative estimate of drug-likeness (QED) is 0.749. The molecule has 0 radical (unpaired) electrons. The number of nitrogens with zero attached hydrogens (tertiary/aromatic N) is 2. The van der Waals surface area contributed by atoms with E-state index in [2.05, 4.69) is 16.7 Å². The molecule has 2 aliphatic heterocycles. The van der Waals surface area contributed by atoms with Crippen molar-refractivity contribution < 1.29 is 14.3 Å². The lowest BCUT2D eigenvalue weighted by molar-refractivity contribution is 0.0295. The Morgan fingerprint density at radius 3 is 2.81 bits per heavy atom. The Bertz CT molecular complexity index is 572. The van der Waals surface area contributed by atoms with E-state index in [4.69, 9.17) is 9.47 Å². The number of piperidine rings is 1. The van der Waals surface area contributed by atoms with Gasteiger partial charge in [-0.1, -0.05) is 19.1 Å². The maximum absolute atomic E-state index is 13.3. The number of amides is 1. The topological polar surface area (TPSA) is 42.0 Å². The molecule has 2 fully saturated rings. The van der Waals surface area contributed by atoms with Crippen LogP contribution in [-0.4, -0.2) is 67.7 Å². The highest BCUT2D eigenvalue weighted by molar-refractivity contribution is 5.97. The number of para-hydroxylation sites is 1. The first kappa shape index (κ1) is 19.2. The molecule has 5 heteroatoms. The van der Waals surface area contributed by atoms with Gasteiger partial charge in [0.15, 0.2) is 0 Å². The molecule has 0 bridgehead atoms. The fourth-order valence-electron chi connectivity index (χ4n) is 3.86. The van der Waals surface area contributed by atoms with Gasteiger partial charge in [0.05, 0.1) is 25.4 Å². The molecule has 0 aromatic heterocycles. The van der Waals surface area contributed by atoms with E-state index in [9.17, 15) is 4.79 Å². The number of benzene rings is 1. The second-order valence-corrected chi connectivity index (χ2v) is 7.24. The second-order valence-electron chi connectivity index (χ2n) is 7.24. The third-order valence-corrected chi connectivity index (χ3v) is 5.35. The largest absolute Gasteiger partial charge is 0.493 e. The van der Waals surface area contributed by atoms with Gasteiger partial charge in [0, 0.05) is 32.2 Å². The van der Waals surface area contributed by atoms with Crippen LogP contribution in [0, 0.1) is 0 Å². The zero-order chi connectivity index (χ0) is 18.2. The number of carbonyl (C=O) groups is 1. The monoisotopic (exact) mass is 360 g/mol. The molecule has 1 amide bonds. The van der Waals surface area contributed by atoms with Crippen LogP contribution in [0.4, 0.5) is 0 Å². The van der Waals surface area contributed by atoms with Gasteiger partial charge in [-0.3, -0.25) is 9.69 Å². The first-order valence-electron chi connectivity index (χ1n) is 10.1. The van der Waals surface area contributed by atoms with Crippen molar-refractivity contribution in [2.75, 3.05) is 46.0 Å². The lowest BCUT2D eigenvalue weighted by atomic mass is 9.97. The van der Waals surface area contributed by atoms with Gasteiger partial charge < -0.3 is 14.4 Å². The van der Waals surface area contributed by atoms with Crippen molar-refractivity contribution in [3.05, 3.63) is 29.8 Å². The summed E-state index contributed by atoms with van der Waals surface area (Å²) in [5.41, 5.74) is 0.708. The summed E-state index contributed by atoms with van der Waals surface area (Å²) in [7, 11) is 0. The van der Waals surface area contributed by atoms with Crippen LogP contribution >= 0.6 is 0 Å². The maximum Gasteiger partial charge on any atom is 0.257 e. The minimum Gasteiger partial charge on any atom is -0.493 e. The third-order valence-electron chi connectivity index (χ3n) is 5.35. The minimum atomic E-state index is 0.128. The van der Waals surface area contributed by atoms with Crippen LogP contribution in [-0.2, 0) is 4.74 Å². The molecule has 1 atom stereocenters. The maximum atomic E-state index is 13.3. The molecule has 2 heterocycles. The minimum absolute atomic E-state index is 0.128. The molecule has 0 unspecified atom stereocenters. The van der Waals surface area contributed by atoms with Crippen LogP contribution in [0.3, 0.4) is 0 Å². The van der Waals surface area contributed by atoms with Crippen molar-refractivity contribution in [3.63, 3.8) is 0 Å². The Labute approximate surface area is 157 Å². The average molecular weight is 360 g/mol. The van der Waals surface area contributed by atoms with Crippen LogP contribution in [0.5, 0.6) is 5.75 Å².